The van der Waals surface area contributed by atoms with Gasteiger partial charge in [-0.3, -0.25) is 0 Å². The normalized spacial score (nSPS) is 10.0. The monoisotopic (exact) mass is 223 g/mol. The summed E-state index contributed by atoms with van der Waals surface area (Å²) < 4.78 is 5.53. The largest absolute Gasteiger partial charge is 0.494 e. The van der Waals surface area contributed by atoms with E-state index in [1.165, 1.54) is 5.56 Å². The van der Waals surface area contributed by atoms with E-state index in [0.29, 0.717) is 12.3 Å². The highest BCUT2D eigenvalue weighted by atomic mass is 32.1. The van der Waals surface area contributed by atoms with Crippen molar-refractivity contribution in [2.45, 2.75) is 25.5 Å². The molecule has 1 N–H and O–H groups in total. The van der Waals surface area contributed by atoms with E-state index < -0.39 is 0 Å². The number of benzene rings is 1. The summed E-state index contributed by atoms with van der Waals surface area (Å²) in [4.78, 5) is 0. The number of rotatable bonds is 6. The summed E-state index contributed by atoms with van der Waals surface area (Å²) in [6.07, 6.45) is 1.72. The lowest BCUT2D eigenvalue weighted by Gasteiger charge is -2.06. The molecule has 0 spiro atoms. The molecule has 3 heteroatoms. The molecule has 0 saturated heterocycles. The van der Waals surface area contributed by atoms with Gasteiger partial charge < -0.3 is 10.1 Å². The van der Waals surface area contributed by atoms with Crippen molar-refractivity contribution in [3.63, 3.8) is 0 Å². The fraction of sp³-hybridized carbons (Fsp3) is 0.417. The number of thiol groups is 1. The second-order valence-electron chi connectivity index (χ2n) is 3.53. The lowest BCUT2D eigenvalue weighted by Crippen LogP contribution is -1.99. The number of hydrogen-bond donors (Lipinski definition) is 2. The molecule has 0 radical (unpaired) electrons. The van der Waals surface area contributed by atoms with E-state index in [4.69, 9.17) is 10.1 Å². The van der Waals surface area contributed by atoms with Gasteiger partial charge in [-0.05, 0) is 37.5 Å². The lowest BCUT2D eigenvalue weighted by molar-refractivity contribution is 0.313. The summed E-state index contributed by atoms with van der Waals surface area (Å²) in [6.45, 7) is 2.50. The highest BCUT2D eigenvalue weighted by Crippen LogP contribution is 2.13. The molecule has 1 aromatic rings. The third-order valence-electron chi connectivity index (χ3n) is 2.07. The molecule has 1 aromatic carbocycles. The molecule has 0 aliphatic carbocycles. The van der Waals surface area contributed by atoms with Gasteiger partial charge >= 0.3 is 0 Å². The molecule has 0 bridgehead atoms. The number of nitrogens with one attached hydrogen (secondary N) is 1. The Morgan fingerprint density at radius 3 is 2.53 bits per heavy atom. The summed E-state index contributed by atoms with van der Waals surface area (Å²) in [7, 11) is 0. The van der Waals surface area contributed by atoms with Crippen molar-refractivity contribution in [2.75, 3.05) is 6.61 Å². The van der Waals surface area contributed by atoms with Gasteiger partial charge in [0.15, 0.2) is 0 Å². The highest BCUT2D eigenvalue weighted by Gasteiger charge is 1.95. The van der Waals surface area contributed by atoms with Crippen molar-refractivity contribution in [1.82, 2.24) is 0 Å². The van der Waals surface area contributed by atoms with E-state index in [-0.39, 0.29) is 0 Å². The Kier molecular flexibility index (Phi) is 5.26. The van der Waals surface area contributed by atoms with Crippen LogP contribution in [0.4, 0.5) is 0 Å². The molecular formula is C12H17NOS. The molecule has 0 fully saturated rings. The van der Waals surface area contributed by atoms with Crippen LogP contribution < -0.4 is 4.74 Å². The Morgan fingerprint density at radius 2 is 2.00 bits per heavy atom. The molecule has 0 amide bonds. The molecule has 1 rings (SSSR count). The van der Waals surface area contributed by atoms with Gasteiger partial charge in [-0.1, -0.05) is 12.1 Å². The first kappa shape index (κ1) is 12.1. The zero-order valence-electron chi connectivity index (χ0n) is 8.99. The minimum Gasteiger partial charge on any atom is -0.494 e. The summed E-state index contributed by atoms with van der Waals surface area (Å²) in [6, 6.07) is 7.96. The van der Waals surface area contributed by atoms with Crippen LogP contribution >= 0.6 is 12.6 Å². The van der Waals surface area contributed by atoms with Gasteiger partial charge in [0, 0.05) is 11.5 Å². The van der Waals surface area contributed by atoms with Crippen molar-refractivity contribution >= 4 is 18.3 Å². The van der Waals surface area contributed by atoms with Gasteiger partial charge in [-0.25, -0.2) is 0 Å². The Bertz CT molecular complexity index is 308. The third kappa shape index (κ3) is 4.88. The fourth-order valence-electron chi connectivity index (χ4n) is 1.22. The standard InChI is InChI=1S/C12H17NOS/c1-10(13)3-2-8-14-12-6-4-11(9-15)5-7-12/h4-7,13,15H,2-3,8-9H2,1H3. The van der Waals surface area contributed by atoms with E-state index in [9.17, 15) is 0 Å². The van der Waals surface area contributed by atoms with Gasteiger partial charge in [0.2, 0.25) is 0 Å². The van der Waals surface area contributed by atoms with Crippen molar-refractivity contribution in [1.29, 1.82) is 5.41 Å². The summed E-state index contributed by atoms with van der Waals surface area (Å²) in [5.41, 5.74) is 1.91. The molecule has 0 heterocycles. The predicted molar refractivity (Wildman–Crippen MR) is 67.3 cm³/mol. The van der Waals surface area contributed by atoms with E-state index >= 15 is 0 Å². The number of hydrogen-bond acceptors (Lipinski definition) is 3. The molecule has 0 aromatic heterocycles. The van der Waals surface area contributed by atoms with Gasteiger partial charge in [-0.2, -0.15) is 12.6 Å². The summed E-state index contributed by atoms with van der Waals surface area (Å²) >= 11 is 4.19. The molecule has 2 nitrogen and oxygen atoms in total. The minimum atomic E-state index is 0.677. The molecule has 0 saturated carbocycles. The Labute approximate surface area is 96.6 Å². The third-order valence-corrected chi connectivity index (χ3v) is 2.44. The van der Waals surface area contributed by atoms with Crippen molar-refractivity contribution < 1.29 is 4.74 Å². The van der Waals surface area contributed by atoms with Crippen LogP contribution in [0.15, 0.2) is 24.3 Å². The van der Waals surface area contributed by atoms with Crippen LogP contribution in [-0.2, 0) is 5.75 Å². The summed E-state index contributed by atoms with van der Waals surface area (Å²) in [5.74, 6) is 1.65. The average molecular weight is 223 g/mol. The molecule has 0 atom stereocenters. The lowest BCUT2D eigenvalue weighted by atomic mass is 10.2. The second kappa shape index (κ2) is 6.51. The van der Waals surface area contributed by atoms with E-state index in [0.717, 1.165) is 24.3 Å². The predicted octanol–water partition coefficient (Wildman–Crippen LogP) is 3.32. The Hall–Kier alpha value is -0.960. The number of ether oxygens (including phenoxy) is 1. The maximum atomic E-state index is 7.27. The van der Waals surface area contributed by atoms with E-state index in [2.05, 4.69) is 12.6 Å². The van der Waals surface area contributed by atoms with Gasteiger partial charge in [0.1, 0.15) is 5.75 Å². The smallest absolute Gasteiger partial charge is 0.119 e. The first-order valence-electron chi connectivity index (χ1n) is 5.09. The second-order valence-corrected chi connectivity index (χ2v) is 3.85. The quantitative estimate of drug-likeness (QED) is 0.433. The van der Waals surface area contributed by atoms with Crippen LogP contribution in [0.2, 0.25) is 0 Å². The fourth-order valence-corrected chi connectivity index (χ4v) is 1.43. The first-order chi connectivity index (χ1) is 7.22. The van der Waals surface area contributed by atoms with Crippen LogP contribution in [0.5, 0.6) is 5.75 Å². The van der Waals surface area contributed by atoms with Crippen molar-refractivity contribution in [3.05, 3.63) is 29.8 Å². The highest BCUT2D eigenvalue weighted by molar-refractivity contribution is 7.79. The van der Waals surface area contributed by atoms with Gasteiger partial charge in [0.05, 0.1) is 6.61 Å². The molecule has 0 unspecified atom stereocenters. The topological polar surface area (TPSA) is 33.1 Å². The van der Waals surface area contributed by atoms with Crippen molar-refractivity contribution in [3.8, 4) is 5.75 Å². The maximum absolute atomic E-state index is 7.27. The van der Waals surface area contributed by atoms with Crippen LogP contribution in [0.1, 0.15) is 25.3 Å². The molecule has 82 valence electrons. The van der Waals surface area contributed by atoms with E-state index in [1.54, 1.807) is 0 Å². The SMILES string of the molecule is CC(=N)CCCOc1ccc(CS)cc1. The molecule has 0 aliphatic heterocycles. The average Bonchev–Trinajstić information content (AvgIpc) is 2.25. The first-order valence-corrected chi connectivity index (χ1v) is 5.72. The Morgan fingerprint density at radius 1 is 1.33 bits per heavy atom. The summed E-state index contributed by atoms with van der Waals surface area (Å²) in [5, 5.41) is 7.27. The van der Waals surface area contributed by atoms with Gasteiger partial charge in [-0.15, -0.1) is 0 Å². The maximum Gasteiger partial charge on any atom is 0.119 e. The zero-order valence-corrected chi connectivity index (χ0v) is 9.89. The molecule has 15 heavy (non-hydrogen) atoms. The Balaban J connectivity index is 2.28. The van der Waals surface area contributed by atoms with Crippen molar-refractivity contribution in [2.24, 2.45) is 0 Å². The van der Waals surface area contributed by atoms with Crippen LogP contribution in [0.3, 0.4) is 0 Å². The van der Waals surface area contributed by atoms with Crippen LogP contribution in [-0.4, -0.2) is 12.3 Å². The molecular weight excluding hydrogens is 206 g/mol. The van der Waals surface area contributed by atoms with Gasteiger partial charge in [0.25, 0.3) is 0 Å². The zero-order chi connectivity index (χ0) is 11.1. The molecule has 0 aliphatic rings. The van der Waals surface area contributed by atoms with Crippen LogP contribution in [0.25, 0.3) is 0 Å². The minimum absolute atomic E-state index is 0.677. The van der Waals surface area contributed by atoms with E-state index in [1.807, 2.05) is 31.2 Å². The van der Waals surface area contributed by atoms with Crippen LogP contribution in [0, 0.1) is 5.41 Å².